The molecular weight excluding hydrogens is 292 g/mol. The molecule has 0 saturated carbocycles. The molecule has 20 heavy (non-hydrogen) atoms. The molecule has 0 spiro atoms. The molecule has 0 heterocycles. The normalized spacial score (nSPS) is 11.9. The number of ketones is 1. The number of thioether (sulfide) groups is 1. The van der Waals surface area contributed by atoms with Crippen LogP contribution in [-0.4, -0.2) is 18.1 Å². The number of carbonyl (C=O) groups is 1. The van der Waals surface area contributed by atoms with Gasteiger partial charge in [0.1, 0.15) is 5.75 Å². The highest BCUT2D eigenvalue weighted by molar-refractivity contribution is 7.98. The van der Waals surface area contributed by atoms with Gasteiger partial charge in [0.2, 0.25) is 5.78 Å². The van der Waals surface area contributed by atoms with Crippen LogP contribution in [-0.2, 0) is 0 Å². The minimum absolute atomic E-state index is 0.0596. The van der Waals surface area contributed by atoms with Crippen LogP contribution in [0.4, 0.5) is 0 Å². The van der Waals surface area contributed by atoms with E-state index in [-0.39, 0.29) is 5.78 Å². The number of halogens is 1. The Kier molecular flexibility index (Phi) is 5.10. The van der Waals surface area contributed by atoms with Gasteiger partial charge >= 0.3 is 0 Å². The van der Waals surface area contributed by atoms with Crippen LogP contribution < -0.4 is 4.74 Å². The minimum Gasteiger partial charge on any atom is -0.483 e. The van der Waals surface area contributed by atoms with Gasteiger partial charge in [-0.15, -0.1) is 11.8 Å². The highest BCUT2D eigenvalue weighted by Crippen LogP contribution is 2.20. The fourth-order valence-corrected chi connectivity index (χ4v) is 2.30. The lowest BCUT2D eigenvalue weighted by molar-refractivity contribution is 0.0818. The summed E-state index contributed by atoms with van der Waals surface area (Å²) in [6.45, 7) is 1.75. The second-order valence-electron chi connectivity index (χ2n) is 4.31. The standard InChI is InChI=1S/C16H15ClO2S/c1-11(16(18)12-3-5-13(17)6-4-12)19-14-7-9-15(20-2)10-8-14/h3-11H,1-2H3. The Balaban J connectivity index is 2.04. The molecule has 0 aromatic heterocycles. The summed E-state index contributed by atoms with van der Waals surface area (Å²) in [5, 5.41) is 0.614. The molecule has 2 nitrogen and oxygen atoms in total. The lowest BCUT2D eigenvalue weighted by atomic mass is 10.1. The second-order valence-corrected chi connectivity index (χ2v) is 5.62. The lowest BCUT2D eigenvalue weighted by Gasteiger charge is -2.14. The van der Waals surface area contributed by atoms with Crippen molar-refractivity contribution in [2.45, 2.75) is 17.9 Å². The predicted molar refractivity (Wildman–Crippen MR) is 84.1 cm³/mol. The molecule has 2 rings (SSSR count). The van der Waals surface area contributed by atoms with E-state index >= 15 is 0 Å². The van der Waals surface area contributed by atoms with Gasteiger partial charge in [0.15, 0.2) is 6.10 Å². The van der Waals surface area contributed by atoms with E-state index in [2.05, 4.69) is 0 Å². The van der Waals surface area contributed by atoms with Gasteiger partial charge in [-0.25, -0.2) is 0 Å². The molecule has 2 aromatic rings. The Bertz CT molecular complexity index is 578. The Hall–Kier alpha value is -1.45. The van der Waals surface area contributed by atoms with Gasteiger partial charge < -0.3 is 4.74 Å². The SMILES string of the molecule is CSc1ccc(OC(C)C(=O)c2ccc(Cl)cc2)cc1. The van der Waals surface area contributed by atoms with Crippen molar-refractivity contribution in [1.29, 1.82) is 0 Å². The average molecular weight is 307 g/mol. The van der Waals surface area contributed by atoms with Crippen molar-refractivity contribution in [3.05, 3.63) is 59.1 Å². The van der Waals surface area contributed by atoms with Crippen LogP contribution in [0.15, 0.2) is 53.4 Å². The van der Waals surface area contributed by atoms with E-state index in [4.69, 9.17) is 16.3 Å². The fourth-order valence-electron chi connectivity index (χ4n) is 1.76. The number of rotatable bonds is 5. The predicted octanol–water partition coefficient (Wildman–Crippen LogP) is 4.71. The van der Waals surface area contributed by atoms with Crippen LogP contribution >= 0.6 is 23.4 Å². The van der Waals surface area contributed by atoms with Crippen LogP contribution in [0, 0.1) is 0 Å². The molecule has 4 heteroatoms. The number of hydrogen-bond donors (Lipinski definition) is 0. The van der Waals surface area contributed by atoms with Crippen molar-refractivity contribution < 1.29 is 9.53 Å². The van der Waals surface area contributed by atoms with E-state index in [0.717, 1.165) is 4.90 Å². The third-order valence-corrected chi connectivity index (χ3v) is 3.87. The zero-order valence-electron chi connectivity index (χ0n) is 11.3. The second kappa shape index (κ2) is 6.82. The van der Waals surface area contributed by atoms with E-state index in [1.54, 1.807) is 43.0 Å². The maximum absolute atomic E-state index is 12.2. The zero-order valence-corrected chi connectivity index (χ0v) is 12.9. The van der Waals surface area contributed by atoms with Gasteiger partial charge in [-0.05, 0) is 61.7 Å². The first-order chi connectivity index (χ1) is 9.60. The molecule has 0 saturated heterocycles. The van der Waals surface area contributed by atoms with Crippen LogP contribution in [0.25, 0.3) is 0 Å². The first-order valence-corrected chi connectivity index (χ1v) is 7.81. The van der Waals surface area contributed by atoms with Gasteiger partial charge in [-0.2, -0.15) is 0 Å². The van der Waals surface area contributed by atoms with Crippen LogP contribution in [0.3, 0.4) is 0 Å². The van der Waals surface area contributed by atoms with Crippen LogP contribution in [0.5, 0.6) is 5.75 Å². The summed E-state index contributed by atoms with van der Waals surface area (Å²) in [5.41, 5.74) is 0.600. The van der Waals surface area contributed by atoms with Gasteiger partial charge in [-0.3, -0.25) is 4.79 Å². The van der Waals surface area contributed by atoms with Crippen molar-refractivity contribution in [3.63, 3.8) is 0 Å². The van der Waals surface area contributed by atoms with Crippen LogP contribution in [0.2, 0.25) is 5.02 Å². The highest BCUT2D eigenvalue weighted by Gasteiger charge is 2.16. The molecule has 0 aliphatic heterocycles. The van der Waals surface area contributed by atoms with E-state index in [1.807, 2.05) is 30.5 Å². The fraction of sp³-hybridized carbons (Fsp3) is 0.188. The maximum Gasteiger partial charge on any atom is 0.202 e. The Labute approximate surface area is 128 Å². The molecule has 0 radical (unpaired) electrons. The van der Waals surface area contributed by atoms with E-state index in [9.17, 15) is 4.79 Å². The van der Waals surface area contributed by atoms with Gasteiger partial charge in [-0.1, -0.05) is 11.6 Å². The maximum atomic E-state index is 12.2. The molecule has 0 N–H and O–H groups in total. The molecule has 104 valence electrons. The summed E-state index contributed by atoms with van der Waals surface area (Å²) < 4.78 is 5.67. The molecule has 0 bridgehead atoms. The quantitative estimate of drug-likeness (QED) is 0.591. The third-order valence-electron chi connectivity index (χ3n) is 2.87. The first-order valence-electron chi connectivity index (χ1n) is 6.20. The molecule has 1 unspecified atom stereocenters. The van der Waals surface area contributed by atoms with Crippen molar-refractivity contribution >= 4 is 29.1 Å². The van der Waals surface area contributed by atoms with E-state index in [1.165, 1.54) is 0 Å². The molecular formula is C16H15ClO2S. The smallest absolute Gasteiger partial charge is 0.202 e. The average Bonchev–Trinajstić information content (AvgIpc) is 2.48. The molecule has 2 aromatic carbocycles. The largest absolute Gasteiger partial charge is 0.483 e. The Morgan fingerprint density at radius 2 is 1.70 bits per heavy atom. The first kappa shape index (κ1) is 14.9. The van der Waals surface area contributed by atoms with Gasteiger partial charge in [0, 0.05) is 15.5 Å². The monoisotopic (exact) mass is 306 g/mol. The Morgan fingerprint density at radius 3 is 2.25 bits per heavy atom. The van der Waals surface area contributed by atoms with Crippen LogP contribution in [0.1, 0.15) is 17.3 Å². The van der Waals surface area contributed by atoms with Crippen molar-refractivity contribution in [3.8, 4) is 5.75 Å². The summed E-state index contributed by atoms with van der Waals surface area (Å²) in [7, 11) is 0. The lowest BCUT2D eigenvalue weighted by Crippen LogP contribution is -2.23. The summed E-state index contributed by atoms with van der Waals surface area (Å²) in [6, 6.07) is 14.5. The number of benzene rings is 2. The molecule has 1 atom stereocenters. The number of carbonyl (C=O) groups excluding carboxylic acids is 1. The number of hydrogen-bond acceptors (Lipinski definition) is 3. The summed E-state index contributed by atoms with van der Waals surface area (Å²) in [6.07, 6.45) is 1.49. The molecule has 0 amide bonds. The summed E-state index contributed by atoms with van der Waals surface area (Å²) in [5.74, 6) is 0.633. The highest BCUT2D eigenvalue weighted by atomic mass is 35.5. The Morgan fingerprint density at radius 1 is 1.10 bits per heavy atom. The van der Waals surface area contributed by atoms with Crippen molar-refractivity contribution in [1.82, 2.24) is 0 Å². The van der Waals surface area contributed by atoms with E-state index in [0.29, 0.717) is 16.3 Å². The molecule has 0 aliphatic carbocycles. The van der Waals surface area contributed by atoms with Gasteiger partial charge in [0.05, 0.1) is 0 Å². The topological polar surface area (TPSA) is 26.3 Å². The van der Waals surface area contributed by atoms with Crippen molar-refractivity contribution in [2.75, 3.05) is 6.26 Å². The number of ether oxygens (including phenoxy) is 1. The minimum atomic E-state index is -0.531. The van der Waals surface area contributed by atoms with Crippen molar-refractivity contribution in [2.24, 2.45) is 0 Å². The molecule has 0 aliphatic rings. The van der Waals surface area contributed by atoms with E-state index < -0.39 is 6.10 Å². The zero-order chi connectivity index (χ0) is 14.5. The number of Topliss-reactive ketones (excluding diaryl/α,β-unsaturated/α-hetero) is 1. The molecule has 0 fully saturated rings. The van der Waals surface area contributed by atoms with Gasteiger partial charge in [0.25, 0.3) is 0 Å². The summed E-state index contributed by atoms with van der Waals surface area (Å²) in [4.78, 5) is 13.4. The summed E-state index contributed by atoms with van der Waals surface area (Å²) >= 11 is 7.48. The third kappa shape index (κ3) is 3.78.